The summed E-state index contributed by atoms with van der Waals surface area (Å²) < 4.78 is 26.9. The zero-order chi connectivity index (χ0) is 15.5. The SMILES string of the molecule is CNC(=O)c1ccc(NS(=O)(=O)c2ccc(C)cc2)cc1. The summed E-state index contributed by atoms with van der Waals surface area (Å²) in [5.74, 6) is -0.219. The Morgan fingerprint density at radius 2 is 1.52 bits per heavy atom. The van der Waals surface area contributed by atoms with Gasteiger partial charge in [0, 0.05) is 18.3 Å². The van der Waals surface area contributed by atoms with E-state index in [1.54, 1.807) is 48.5 Å². The molecule has 0 aliphatic rings. The van der Waals surface area contributed by atoms with E-state index in [1.165, 1.54) is 7.05 Å². The van der Waals surface area contributed by atoms with Gasteiger partial charge in [-0.3, -0.25) is 9.52 Å². The van der Waals surface area contributed by atoms with Crippen LogP contribution in [0.25, 0.3) is 0 Å². The van der Waals surface area contributed by atoms with Crippen molar-refractivity contribution in [1.29, 1.82) is 0 Å². The van der Waals surface area contributed by atoms with Crippen molar-refractivity contribution in [3.05, 3.63) is 59.7 Å². The van der Waals surface area contributed by atoms with Gasteiger partial charge in [-0.1, -0.05) is 17.7 Å². The van der Waals surface area contributed by atoms with Crippen molar-refractivity contribution in [3.63, 3.8) is 0 Å². The highest BCUT2D eigenvalue weighted by Gasteiger charge is 2.14. The normalized spacial score (nSPS) is 11.0. The van der Waals surface area contributed by atoms with Gasteiger partial charge in [-0.05, 0) is 43.3 Å². The van der Waals surface area contributed by atoms with E-state index in [2.05, 4.69) is 10.0 Å². The summed E-state index contributed by atoms with van der Waals surface area (Å²) in [5, 5.41) is 2.50. The molecule has 0 radical (unpaired) electrons. The van der Waals surface area contributed by atoms with Crippen LogP contribution in [0.3, 0.4) is 0 Å². The van der Waals surface area contributed by atoms with Gasteiger partial charge in [-0.2, -0.15) is 0 Å². The highest BCUT2D eigenvalue weighted by atomic mass is 32.2. The summed E-state index contributed by atoms with van der Waals surface area (Å²) in [4.78, 5) is 11.6. The number of carbonyl (C=O) groups is 1. The van der Waals surface area contributed by atoms with Gasteiger partial charge in [-0.15, -0.1) is 0 Å². The molecule has 21 heavy (non-hydrogen) atoms. The average molecular weight is 304 g/mol. The van der Waals surface area contributed by atoms with Crippen LogP contribution >= 0.6 is 0 Å². The number of amides is 1. The van der Waals surface area contributed by atoms with Gasteiger partial charge in [0.15, 0.2) is 0 Å². The molecule has 2 N–H and O–H groups in total. The van der Waals surface area contributed by atoms with E-state index in [9.17, 15) is 13.2 Å². The third-order valence-corrected chi connectivity index (χ3v) is 4.35. The summed E-state index contributed by atoms with van der Waals surface area (Å²) in [6.07, 6.45) is 0. The smallest absolute Gasteiger partial charge is 0.261 e. The van der Waals surface area contributed by atoms with Crippen LogP contribution in [-0.4, -0.2) is 21.4 Å². The third-order valence-electron chi connectivity index (χ3n) is 2.96. The van der Waals surface area contributed by atoms with E-state index in [0.29, 0.717) is 11.3 Å². The first-order valence-electron chi connectivity index (χ1n) is 6.34. The summed E-state index contributed by atoms with van der Waals surface area (Å²) in [6.45, 7) is 1.89. The lowest BCUT2D eigenvalue weighted by molar-refractivity contribution is 0.0963. The Balaban J connectivity index is 2.20. The van der Waals surface area contributed by atoms with Crippen LogP contribution in [0, 0.1) is 6.92 Å². The monoisotopic (exact) mass is 304 g/mol. The molecule has 2 rings (SSSR count). The zero-order valence-corrected chi connectivity index (χ0v) is 12.6. The van der Waals surface area contributed by atoms with Gasteiger partial charge in [0.1, 0.15) is 0 Å². The first-order valence-corrected chi connectivity index (χ1v) is 7.82. The minimum Gasteiger partial charge on any atom is -0.355 e. The second kappa shape index (κ2) is 5.97. The maximum Gasteiger partial charge on any atom is 0.261 e. The number of carbonyl (C=O) groups excluding carboxylic acids is 1. The standard InChI is InChI=1S/C15H16N2O3S/c1-11-3-9-14(10-4-11)21(19,20)17-13-7-5-12(6-8-13)15(18)16-2/h3-10,17H,1-2H3,(H,16,18). The third kappa shape index (κ3) is 3.61. The summed E-state index contributed by atoms with van der Waals surface area (Å²) in [7, 11) is -2.08. The topological polar surface area (TPSA) is 75.3 Å². The fourth-order valence-corrected chi connectivity index (χ4v) is 2.82. The Morgan fingerprint density at radius 3 is 2.05 bits per heavy atom. The molecule has 2 aromatic rings. The van der Waals surface area contributed by atoms with Crippen molar-refractivity contribution in [1.82, 2.24) is 5.32 Å². The Bertz CT molecular complexity index is 735. The molecule has 0 spiro atoms. The molecule has 0 unspecified atom stereocenters. The summed E-state index contributed by atoms with van der Waals surface area (Å²) >= 11 is 0. The first kappa shape index (κ1) is 15.1. The molecule has 0 fully saturated rings. The van der Waals surface area contributed by atoms with Crippen LogP contribution in [0.5, 0.6) is 0 Å². The fourth-order valence-electron chi connectivity index (χ4n) is 1.77. The molecule has 6 heteroatoms. The molecule has 0 saturated heterocycles. The second-order valence-corrected chi connectivity index (χ2v) is 6.26. The molecule has 5 nitrogen and oxygen atoms in total. The molecular weight excluding hydrogens is 288 g/mol. The van der Waals surface area contributed by atoms with Gasteiger partial charge in [0.25, 0.3) is 15.9 Å². The maximum absolute atomic E-state index is 12.2. The fraction of sp³-hybridized carbons (Fsp3) is 0.133. The summed E-state index contributed by atoms with van der Waals surface area (Å²) in [5.41, 5.74) is 1.86. The molecular formula is C15H16N2O3S. The maximum atomic E-state index is 12.2. The van der Waals surface area contributed by atoms with Crippen molar-refractivity contribution in [2.75, 3.05) is 11.8 Å². The predicted molar refractivity (Wildman–Crippen MR) is 81.8 cm³/mol. The van der Waals surface area contributed by atoms with Crippen molar-refractivity contribution < 1.29 is 13.2 Å². The molecule has 0 atom stereocenters. The Hall–Kier alpha value is -2.34. The zero-order valence-electron chi connectivity index (χ0n) is 11.8. The average Bonchev–Trinajstić information content (AvgIpc) is 2.47. The number of nitrogens with one attached hydrogen (secondary N) is 2. The molecule has 0 saturated carbocycles. The minimum absolute atomic E-state index is 0.198. The van der Waals surface area contributed by atoms with Crippen LogP contribution in [-0.2, 0) is 10.0 Å². The second-order valence-electron chi connectivity index (χ2n) is 4.58. The van der Waals surface area contributed by atoms with E-state index in [1.807, 2.05) is 6.92 Å². The lowest BCUT2D eigenvalue weighted by Gasteiger charge is -2.09. The molecule has 110 valence electrons. The van der Waals surface area contributed by atoms with Crippen LogP contribution in [0.1, 0.15) is 15.9 Å². The minimum atomic E-state index is -3.62. The number of anilines is 1. The van der Waals surface area contributed by atoms with Crippen LogP contribution < -0.4 is 10.0 Å². The van der Waals surface area contributed by atoms with Gasteiger partial charge in [0.2, 0.25) is 0 Å². The van der Waals surface area contributed by atoms with Gasteiger partial charge in [-0.25, -0.2) is 8.42 Å². The Morgan fingerprint density at radius 1 is 0.952 bits per heavy atom. The van der Waals surface area contributed by atoms with E-state index in [-0.39, 0.29) is 10.8 Å². The first-order chi connectivity index (χ1) is 9.92. The van der Waals surface area contributed by atoms with E-state index in [0.717, 1.165) is 5.56 Å². The molecule has 0 heterocycles. The lowest BCUT2D eigenvalue weighted by Crippen LogP contribution is -2.18. The highest BCUT2D eigenvalue weighted by Crippen LogP contribution is 2.17. The Labute approximate surface area is 124 Å². The largest absolute Gasteiger partial charge is 0.355 e. The van der Waals surface area contributed by atoms with Gasteiger partial charge in [0.05, 0.1) is 4.90 Å². The summed E-state index contributed by atoms with van der Waals surface area (Å²) in [6, 6.07) is 12.8. The lowest BCUT2D eigenvalue weighted by atomic mass is 10.2. The molecule has 0 bridgehead atoms. The Kier molecular flexibility index (Phi) is 4.28. The van der Waals surface area contributed by atoms with E-state index >= 15 is 0 Å². The number of rotatable bonds is 4. The number of hydrogen-bond donors (Lipinski definition) is 2. The van der Waals surface area contributed by atoms with Crippen molar-refractivity contribution in [2.24, 2.45) is 0 Å². The molecule has 1 amide bonds. The van der Waals surface area contributed by atoms with Crippen molar-refractivity contribution in [2.45, 2.75) is 11.8 Å². The molecule has 2 aromatic carbocycles. The molecule has 0 aliphatic carbocycles. The number of hydrogen-bond acceptors (Lipinski definition) is 3. The molecule has 0 aromatic heterocycles. The predicted octanol–water partition coefficient (Wildman–Crippen LogP) is 2.16. The molecule has 0 aliphatic heterocycles. The van der Waals surface area contributed by atoms with E-state index < -0.39 is 10.0 Å². The number of aryl methyl sites for hydroxylation is 1. The van der Waals surface area contributed by atoms with Gasteiger partial charge < -0.3 is 5.32 Å². The van der Waals surface area contributed by atoms with Crippen LogP contribution in [0.4, 0.5) is 5.69 Å². The van der Waals surface area contributed by atoms with Crippen LogP contribution in [0.15, 0.2) is 53.4 Å². The number of benzene rings is 2. The van der Waals surface area contributed by atoms with Crippen molar-refractivity contribution >= 4 is 21.6 Å². The van der Waals surface area contributed by atoms with Crippen molar-refractivity contribution in [3.8, 4) is 0 Å². The van der Waals surface area contributed by atoms with Gasteiger partial charge >= 0.3 is 0 Å². The number of sulfonamides is 1. The van der Waals surface area contributed by atoms with Crippen LogP contribution in [0.2, 0.25) is 0 Å². The van der Waals surface area contributed by atoms with E-state index in [4.69, 9.17) is 0 Å². The quantitative estimate of drug-likeness (QED) is 0.909. The highest BCUT2D eigenvalue weighted by molar-refractivity contribution is 7.92.